The molecule has 0 spiro atoms. The summed E-state index contributed by atoms with van der Waals surface area (Å²) in [6, 6.07) is 3.41. The second-order valence-corrected chi connectivity index (χ2v) is 6.49. The first-order chi connectivity index (χ1) is 9.38. The minimum atomic E-state index is -0.449. The number of guanidine groups is 1. The van der Waals surface area contributed by atoms with Crippen LogP contribution in [-0.4, -0.2) is 30.6 Å². The van der Waals surface area contributed by atoms with Crippen LogP contribution in [0.5, 0.6) is 0 Å². The molecule has 21 heavy (non-hydrogen) atoms. The number of hydrogen-bond donors (Lipinski definition) is 2. The van der Waals surface area contributed by atoms with E-state index in [4.69, 9.17) is 0 Å². The Morgan fingerprint density at radius 1 is 1.29 bits per heavy atom. The zero-order chi connectivity index (χ0) is 15.2. The molecule has 3 nitrogen and oxygen atoms in total. The molecule has 0 aliphatic carbocycles. The summed E-state index contributed by atoms with van der Waals surface area (Å²) in [5.74, 6) is -0.316. The van der Waals surface area contributed by atoms with Crippen molar-refractivity contribution in [3.05, 3.63) is 35.4 Å². The average molecular weight is 429 g/mol. The average Bonchev–Trinajstić information content (AvgIpc) is 2.42. The topological polar surface area (TPSA) is 36.4 Å². The molecule has 0 heterocycles. The Bertz CT molecular complexity index is 481. The third kappa shape index (κ3) is 7.30. The quantitative estimate of drug-likeness (QED) is 0.428. The summed E-state index contributed by atoms with van der Waals surface area (Å²) < 4.78 is 26.6. The van der Waals surface area contributed by atoms with Crippen LogP contribution in [0.4, 0.5) is 8.78 Å². The standard InChI is InChI=1S/C14H21F2N3S.HI/c1-14(2,20-4)9-19-13(17-3)18-8-10-7-11(15)5-6-12(10)16;/h5-7H,8-9H2,1-4H3,(H2,17,18,19);1H. The predicted molar refractivity (Wildman–Crippen MR) is 97.6 cm³/mol. The molecule has 0 atom stereocenters. The minimum absolute atomic E-state index is 0. The van der Waals surface area contributed by atoms with Gasteiger partial charge in [0, 0.05) is 30.4 Å². The molecule has 2 N–H and O–H groups in total. The lowest BCUT2D eigenvalue weighted by atomic mass is 10.2. The van der Waals surface area contributed by atoms with Crippen LogP contribution in [0.2, 0.25) is 0 Å². The van der Waals surface area contributed by atoms with Crippen molar-refractivity contribution in [1.82, 2.24) is 10.6 Å². The van der Waals surface area contributed by atoms with Gasteiger partial charge in [-0.15, -0.1) is 24.0 Å². The maximum absolute atomic E-state index is 13.5. The van der Waals surface area contributed by atoms with Gasteiger partial charge in [0.1, 0.15) is 11.6 Å². The third-order valence-electron chi connectivity index (χ3n) is 2.91. The van der Waals surface area contributed by atoms with Gasteiger partial charge in [-0.05, 0) is 38.3 Å². The zero-order valence-electron chi connectivity index (χ0n) is 12.7. The molecular weight excluding hydrogens is 407 g/mol. The van der Waals surface area contributed by atoms with Crippen molar-refractivity contribution in [1.29, 1.82) is 0 Å². The van der Waals surface area contributed by atoms with E-state index >= 15 is 0 Å². The molecule has 1 rings (SSSR count). The van der Waals surface area contributed by atoms with E-state index in [1.54, 1.807) is 18.8 Å². The second-order valence-electron chi connectivity index (χ2n) is 4.98. The molecule has 120 valence electrons. The maximum atomic E-state index is 13.5. The van der Waals surface area contributed by atoms with Crippen molar-refractivity contribution in [2.75, 3.05) is 19.8 Å². The Kier molecular flexibility index (Phi) is 9.19. The molecule has 7 heteroatoms. The number of rotatable bonds is 5. The SMILES string of the molecule is CN=C(NCc1cc(F)ccc1F)NCC(C)(C)SC.I. The van der Waals surface area contributed by atoms with Crippen LogP contribution in [-0.2, 0) is 6.54 Å². The van der Waals surface area contributed by atoms with Crippen molar-refractivity contribution >= 4 is 41.7 Å². The van der Waals surface area contributed by atoms with Crippen molar-refractivity contribution in [3.8, 4) is 0 Å². The normalized spacial score (nSPS) is 11.8. The Balaban J connectivity index is 0.00000400. The highest BCUT2D eigenvalue weighted by atomic mass is 127. The molecule has 0 saturated carbocycles. The molecule has 0 saturated heterocycles. The van der Waals surface area contributed by atoms with E-state index in [1.165, 1.54) is 6.07 Å². The van der Waals surface area contributed by atoms with E-state index in [-0.39, 0.29) is 40.8 Å². The van der Waals surface area contributed by atoms with E-state index in [0.29, 0.717) is 5.96 Å². The van der Waals surface area contributed by atoms with Crippen molar-refractivity contribution in [2.45, 2.75) is 25.1 Å². The highest BCUT2D eigenvalue weighted by Gasteiger charge is 2.16. The van der Waals surface area contributed by atoms with Crippen LogP contribution in [0.15, 0.2) is 23.2 Å². The summed E-state index contributed by atoms with van der Waals surface area (Å²) >= 11 is 1.74. The monoisotopic (exact) mass is 429 g/mol. The first kappa shape index (κ1) is 20.4. The first-order valence-corrected chi connectivity index (χ1v) is 7.54. The van der Waals surface area contributed by atoms with Crippen LogP contribution in [0.25, 0.3) is 0 Å². The molecule has 0 unspecified atom stereocenters. The smallest absolute Gasteiger partial charge is 0.191 e. The number of nitrogens with one attached hydrogen (secondary N) is 2. The highest BCUT2D eigenvalue weighted by Crippen LogP contribution is 2.19. The summed E-state index contributed by atoms with van der Waals surface area (Å²) in [7, 11) is 1.64. The number of hydrogen-bond acceptors (Lipinski definition) is 2. The van der Waals surface area contributed by atoms with E-state index in [1.807, 2.05) is 6.26 Å². The van der Waals surface area contributed by atoms with Gasteiger partial charge in [0.25, 0.3) is 0 Å². The van der Waals surface area contributed by atoms with Crippen molar-refractivity contribution in [3.63, 3.8) is 0 Å². The van der Waals surface area contributed by atoms with Gasteiger partial charge in [-0.2, -0.15) is 11.8 Å². The lowest BCUT2D eigenvalue weighted by Crippen LogP contribution is -2.43. The summed E-state index contributed by atoms with van der Waals surface area (Å²) in [4.78, 5) is 4.06. The number of thioether (sulfide) groups is 1. The highest BCUT2D eigenvalue weighted by molar-refractivity contribution is 14.0. The van der Waals surface area contributed by atoms with Gasteiger partial charge in [0.05, 0.1) is 0 Å². The Morgan fingerprint density at radius 2 is 1.95 bits per heavy atom. The minimum Gasteiger partial charge on any atom is -0.355 e. The lowest BCUT2D eigenvalue weighted by molar-refractivity contribution is 0.580. The van der Waals surface area contributed by atoms with Crippen LogP contribution in [0.1, 0.15) is 19.4 Å². The zero-order valence-corrected chi connectivity index (χ0v) is 15.8. The van der Waals surface area contributed by atoms with Crippen LogP contribution in [0.3, 0.4) is 0 Å². The fraction of sp³-hybridized carbons (Fsp3) is 0.500. The fourth-order valence-electron chi connectivity index (χ4n) is 1.45. The molecule has 0 aliphatic rings. The van der Waals surface area contributed by atoms with Gasteiger partial charge in [-0.3, -0.25) is 4.99 Å². The molecule has 0 bridgehead atoms. The van der Waals surface area contributed by atoms with Gasteiger partial charge in [0.2, 0.25) is 0 Å². The van der Waals surface area contributed by atoms with E-state index < -0.39 is 11.6 Å². The number of benzene rings is 1. The van der Waals surface area contributed by atoms with Gasteiger partial charge in [0.15, 0.2) is 5.96 Å². The summed E-state index contributed by atoms with van der Waals surface area (Å²) in [5, 5.41) is 6.14. The molecule has 0 aliphatic heterocycles. The van der Waals surface area contributed by atoms with E-state index in [2.05, 4.69) is 29.5 Å². The van der Waals surface area contributed by atoms with Crippen LogP contribution >= 0.6 is 35.7 Å². The second kappa shape index (κ2) is 9.45. The molecule has 0 amide bonds. The summed E-state index contributed by atoms with van der Waals surface area (Å²) in [5.41, 5.74) is 0.275. The summed E-state index contributed by atoms with van der Waals surface area (Å²) in [6.07, 6.45) is 2.04. The molecule has 0 fully saturated rings. The predicted octanol–water partition coefficient (Wildman–Crippen LogP) is 3.39. The fourth-order valence-corrected chi connectivity index (χ4v) is 1.66. The lowest BCUT2D eigenvalue weighted by Gasteiger charge is -2.23. The maximum Gasteiger partial charge on any atom is 0.191 e. The van der Waals surface area contributed by atoms with E-state index in [0.717, 1.165) is 18.7 Å². The van der Waals surface area contributed by atoms with Gasteiger partial charge in [-0.1, -0.05) is 0 Å². The number of halogens is 3. The van der Waals surface area contributed by atoms with Crippen molar-refractivity contribution in [2.24, 2.45) is 4.99 Å². The molecule has 1 aromatic carbocycles. The van der Waals surface area contributed by atoms with Gasteiger partial charge in [-0.25, -0.2) is 8.78 Å². The van der Waals surface area contributed by atoms with Crippen LogP contribution < -0.4 is 10.6 Å². The van der Waals surface area contributed by atoms with Crippen molar-refractivity contribution < 1.29 is 8.78 Å². The molecule has 1 aromatic rings. The number of nitrogens with zero attached hydrogens (tertiary/aromatic N) is 1. The summed E-state index contributed by atoms with van der Waals surface area (Å²) in [6.45, 7) is 5.14. The molecule has 0 aromatic heterocycles. The van der Waals surface area contributed by atoms with E-state index in [9.17, 15) is 8.78 Å². The third-order valence-corrected chi connectivity index (χ3v) is 4.16. The Morgan fingerprint density at radius 3 is 2.52 bits per heavy atom. The largest absolute Gasteiger partial charge is 0.355 e. The Labute approximate surface area is 146 Å². The number of aliphatic imine (C=N–C) groups is 1. The van der Waals surface area contributed by atoms with Gasteiger partial charge < -0.3 is 10.6 Å². The van der Waals surface area contributed by atoms with Gasteiger partial charge >= 0.3 is 0 Å². The van der Waals surface area contributed by atoms with Crippen LogP contribution in [0, 0.1) is 11.6 Å². The Hall–Kier alpha value is -0.570. The molecule has 0 radical (unpaired) electrons. The first-order valence-electron chi connectivity index (χ1n) is 6.31. The molecular formula is C14H22F2IN3S.